The van der Waals surface area contributed by atoms with Crippen LogP contribution >= 0.6 is 11.6 Å². The molecule has 8 nitrogen and oxygen atoms in total. The third-order valence-corrected chi connectivity index (χ3v) is 5.94. The standard InChI is InChI=1S/C25H25ClN4O4/c1-29(15-22(31)27-21-11-5-3-9-19(21)26)23(32)16-34-25(33)18-14-17-8-2-4-10-20(17)28-24(18)30-12-6-7-13-30/h2-5,8-11,14H,6-7,12-13,15-16H2,1H3,(H,27,31). The average molecular weight is 481 g/mol. The van der Waals surface area contributed by atoms with E-state index in [-0.39, 0.29) is 6.54 Å². The van der Waals surface area contributed by atoms with Gasteiger partial charge in [0.25, 0.3) is 5.91 Å². The van der Waals surface area contributed by atoms with Crippen LogP contribution in [0.2, 0.25) is 5.02 Å². The van der Waals surface area contributed by atoms with E-state index in [4.69, 9.17) is 21.3 Å². The second kappa shape index (κ2) is 10.5. The monoisotopic (exact) mass is 480 g/mol. The number of pyridine rings is 1. The molecule has 3 aromatic rings. The Morgan fingerprint density at radius 2 is 1.79 bits per heavy atom. The average Bonchev–Trinajstić information content (AvgIpc) is 3.37. The number of anilines is 2. The van der Waals surface area contributed by atoms with Crippen molar-refractivity contribution in [3.63, 3.8) is 0 Å². The van der Waals surface area contributed by atoms with Crippen LogP contribution in [-0.2, 0) is 14.3 Å². The van der Waals surface area contributed by atoms with Crippen molar-refractivity contribution in [2.24, 2.45) is 0 Å². The first-order valence-corrected chi connectivity index (χ1v) is 11.4. The zero-order valence-electron chi connectivity index (χ0n) is 18.8. The molecule has 4 rings (SSSR count). The number of hydrogen-bond donors (Lipinski definition) is 1. The molecule has 34 heavy (non-hydrogen) atoms. The minimum atomic E-state index is -0.623. The van der Waals surface area contributed by atoms with Crippen molar-refractivity contribution in [2.75, 3.05) is 43.5 Å². The number of amides is 2. The summed E-state index contributed by atoms with van der Waals surface area (Å²) in [4.78, 5) is 45.7. The topological polar surface area (TPSA) is 91.8 Å². The highest BCUT2D eigenvalue weighted by Crippen LogP contribution is 2.27. The third-order valence-electron chi connectivity index (χ3n) is 5.61. The Morgan fingerprint density at radius 1 is 1.09 bits per heavy atom. The highest BCUT2D eigenvalue weighted by molar-refractivity contribution is 6.33. The molecule has 1 fully saturated rings. The molecular formula is C25H25ClN4O4. The lowest BCUT2D eigenvalue weighted by Gasteiger charge is -2.21. The Labute approximate surface area is 202 Å². The molecule has 1 aliphatic rings. The summed E-state index contributed by atoms with van der Waals surface area (Å²) in [7, 11) is 1.47. The highest BCUT2D eigenvalue weighted by Gasteiger charge is 2.24. The van der Waals surface area contributed by atoms with Gasteiger partial charge in [-0.3, -0.25) is 9.59 Å². The van der Waals surface area contributed by atoms with Crippen molar-refractivity contribution in [1.82, 2.24) is 9.88 Å². The fourth-order valence-electron chi connectivity index (χ4n) is 3.80. The first kappa shape index (κ1) is 23.5. The quantitative estimate of drug-likeness (QED) is 0.518. The molecule has 2 heterocycles. The molecule has 2 amide bonds. The van der Waals surface area contributed by atoms with E-state index in [1.54, 1.807) is 30.3 Å². The number of carbonyl (C=O) groups is 3. The molecule has 176 valence electrons. The normalized spacial score (nSPS) is 13.1. The molecule has 0 atom stereocenters. The maximum Gasteiger partial charge on any atom is 0.342 e. The SMILES string of the molecule is CN(CC(=O)Nc1ccccc1Cl)C(=O)COC(=O)c1cc2ccccc2nc1N1CCCC1. The van der Waals surface area contributed by atoms with Gasteiger partial charge in [-0.2, -0.15) is 0 Å². The minimum Gasteiger partial charge on any atom is -0.452 e. The van der Waals surface area contributed by atoms with Crippen molar-refractivity contribution >= 4 is 51.8 Å². The van der Waals surface area contributed by atoms with Gasteiger partial charge in [0.1, 0.15) is 11.4 Å². The Morgan fingerprint density at radius 3 is 2.56 bits per heavy atom. The Balaban J connectivity index is 1.39. The summed E-state index contributed by atoms with van der Waals surface area (Å²) in [6.07, 6.45) is 2.06. The number of benzene rings is 2. The molecule has 0 saturated carbocycles. The summed E-state index contributed by atoms with van der Waals surface area (Å²) >= 11 is 6.05. The molecule has 1 aliphatic heterocycles. The van der Waals surface area contributed by atoms with E-state index in [1.165, 1.54) is 11.9 Å². The summed E-state index contributed by atoms with van der Waals surface area (Å²) in [5, 5.41) is 3.87. The molecular weight excluding hydrogens is 456 g/mol. The molecule has 0 spiro atoms. The fourth-order valence-corrected chi connectivity index (χ4v) is 3.98. The number of esters is 1. The van der Waals surface area contributed by atoms with E-state index >= 15 is 0 Å². The predicted octanol–water partition coefficient (Wildman–Crippen LogP) is 3.74. The zero-order chi connectivity index (χ0) is 24.1. The van der Waals surface area contributed by atoms with Crippen LogP contribution in [0.25, 0.3) is 10.9 Å². The fraction of sp³-hybridized carbons (Fsp3) is 0.280. The van der Waals surface area contributed by atoms with E-state index in [9.17, 15) is 14.4 Å². The van der Waals surface area contributed by atoms with Crippen molar-refractivity contribution in [2.45, 2.75) is 12.8 Å². The lowest BCUT2D eigenvalue weighted by atomic mass is 10.1. The molecule has 1 aromatic heterocycles. The van der Waals surface area contributed by atoms with Gasteiger partial charge in [0, 0.05) is 25.5 Å². The lowest BCUT2D eigenvalue weighted by Crippen LogP contribution is -2.37. The number of hydrogen-bond acceptors (Lipinski definition) is 6. The number of aromatic nitrogens is 1. The van der Waals surface area contributed by atoms with Crippen LogP contribution in [0.5, 0.6) is 0 Å². The number of likely N-dealkylation sites (N-methyl/N-ethyl adjacent to an activating group) is 1. The van der Waals surface area contributed by atoms with Crippen LogP contribution in [0.3, 0.4) is 0 Å². The van der Waals surface area contributed by atoms with Crippen LogP contribution in [0.4, 0.5) is 11.5 Å². The van der Waals surface area contributed by atoms with Crippen molar-refractivity contribution in [3.8, 4) is 0 Å². The van der Waals surface area contributed by atoms with Gasteiger partial charge in [0.2, 0.25) is 5.91 Å². The second-order valence-corrected chi connectivity index (χ2v) is 8.51. The van der Waals surface area contributed by atoms with E-state index in [2.05, 4.69) is 10.2 Å². The van der Waals surface area contributed by atoms with Gasteiger partial charge in [-0.05, 0) is 37.1 Å². The van der Waals surface area contributed by atoms with E-state index in [0.29, 0.717) is 22.1 Å². The summed E-state index contributed by atoms with van der Waals surface area (Å²) in [6, 6.07) is 16.1. The number of halogens is 1. The number of fused-ring (bicyclic) bond motifs is 1. The zero-order valence-corrected chi connectivity index (χ0v) is 19.5. The van der Waals surface area contributed by atoms with Gasteiger partial charge in [-0.15, -0.1) is 0 Å². The number of nitrogens with zero attached hydrogens (tertiary/aromatic N) is 3. The number of ether oxygens (including phenoxy) is 1. The summed E-state index contributed by atoms with van der Waals surface area (Å²) < 4.78 is 5.33. The Kier molecular flexibility index (Phi) is 7.27. The number of carbonyl (C=O) groups excluding carboxylic acids is 3. The highest BCUT2D eigenvalue weighted by atomic mass is 35.5. The molecule has 0 aliphatic carbocycles. The summed E-state index contributed by atoms with van der Waals surface area (Å²) in [5.41, 5.74) is 1.58. The molecule has 0 radical (unpaired) electrons. The van der Waals surface area contributed by atoms with Gasteiger partial charge in [-0.1, -0.05) is 41.9 Å². The Bertz CT molecular complexity index is 1230. The smallest absolute Gasteiger partial charge is 0.342 e. The summed E-state index contributed by atoms with van der Waals surface area (Å²) in [5.74, 6) is -0.965. The van der Waals surface area contributed by atoms with Gasteiger partial charge >= 0.3 is 5.97 Å². The molecule has 1 saturated heterocycles. The van der Waals surface area contributed by atoms with Gasteiger partial charge in [0.05, 0.1) is 22.8 Å². The lowest BCUT2D eigenvalue weighted by molar-refractivity contribution is -0.136. The molecule has 1 N–H and O–H groups in total. The largest absolute Gasteiger partial charge is 0.452 e. The van der Waals surface area contributed by atoms with Gasteiger partial charge in [0.15, 0.2) is 6.61 Å². The second-order valence-electron chi connectivity index (χ2n) is 8.10. The van der Waals surface area contributed by atoms with E-state index in [0.717, 1.165) is 36.8 Å². The number of para-hydroxylation sites is 2. The van der Waals surface area contributed by atoms with E-state index < -0.39 is 24.4 Å². The molecule has 9 heteroatoms. The minimum absolute atomic E-state index is 0.210. The van der Waals surface area contributed by atoms with Crippen molar-refractivity contribution in [3.05, 3.63) is 65.2 Å². The van der Waals surface area contributed by atoms with Crippen LogP contribution in [-0.4, -0.2) is 61.0 Å². The predicted molar refractivity (Wildman–Crippen MR) is 131 cm³/mol. The molecule has 0 bridgehead atoms. The molecule has 2 aromatic carbocycles. The molecule has 0 unspecified atom stereocenters. The van der Waals surface area contributed by atoms with Crippen LogP contribution in [0, 0.1) is 0 Å². The summed E-state index contributed by atoms with van der Waals surface area (Å²) in [6.45, 7) is 0.931. The maximum atomic E-state index is 12.9. The van der Waals surface area contributed by atoms with Crippen molar-refractivity contribution < 1.29 is 19.1 Å². The number of rotatable bonds is 7. The Hall–Kier alpha value is -3.65. The number of nitrogens with one attached hydrogen (secondary N) is 1. The maximum absolute atomic E-state index is 12.9. The first-order chi connectivity index (χ1) is 16.4. The van der Waals surface area contributed by atoms with Crippen LogP contribution in [0.15, 0.2) is 54.6 Å². The van der Waals surface area contributed by atoms with Crippen LogP contribution < -0.4 is 10.2 Å². The third kappa shape index (κ3) is 5.46. The van der Waals surface area contributed by atoms with E-state index in [1.807, 2.05) is 24.3 Å². The van der Waals surface area contributed by atoms with Crippen LogP contribution in [0.1, 0.15) is 23.2 Å². The van der Waals surface area contributed by atoms with Gasteiger partial charge < -0.3 is 19.9 Å². The van der Waals surface area contributed by atoms with Gasteiger partial charge in [-0.25, -0.2) is 9.78 Å². The van der Waals surface area contributed by atoms with Crippen molar-refractivity contribution in [1.29, 1.82) is 0 Å². The first-order valence-electron chi connectivity index (χ1n) is 11.0.